The lowest BCUT2D eigenvalue weighted by molar-refractivity contribution is 0.102. The summed E-state index contributed by atoms with van der Waals surface area (Å²) < 4.78 is 1.48. The number of fused-ring (bicyclic) bond motifs is 1. The van der Waals surface area contributed by atoms with Crippen LogP contribution in [0.1, 0.15) is 60.1 Å². The minimum Gasteiger partial charge on any atom is -0.306 e. The number of amides is 1. The van der Waals surface area contributed by atoms with Crippen molar-refractivity contribution in [1.82, 2.24) is 19.7 Å². The van der Waals surface area contributed by atoms with Gasteiger partial charge in [0.15, 0.2) is 0 Å². The largest absolute Gasteiger partial charge is 0.306 e. The molecule has 0 saturated heterocycles. The minimum atomic E-state index is -0.241. The van der Waals surface area contributed by atoms with Crippen LogP contribution in [0.2, 0.25) is 0 Å². The van der Waals surface area contributed by atoms with E-state index >= 15 is 0 Å². The van der Waals surface area contributed by atoms with E-state index in [4.69, 9.17) is 0 Å². The smallest absolute Gasteiger partial charge is 0.256 e. The minimum absolute atomic E-state index is 0.0237. The van der Waals surface area contributed by atoms with Crippen LogP contribution in [0.3, 0.4) is 0 Å². The van der Waals surface area contributed by atoms with E-state index in [1.807, 2.05) is 31.2 Å². The van der Waals surface area contributed by atoms with Gasteiger partial charge in [-0.05, 0) is 49.3 Å². The fraction of sp³-hybridized carbons (Fsp3) is 0.364. The summed E-state index contributed by atoms with van der Waals surface area (Å²) in [6.45, 7) is 8.23. The van der Waals surface area contributed by atoms with Gasteiger partial charge in [-0.3, -0.25) is 14.6 Å². The van der Waals surface area contributed by atoms with Crippen molar-refractivity contribution in [3.05, 3.63) is 68.8 Å². The second-order valence-corrected chi connectivity index (χ2v) is 8.53. The van der Waals surface area contributed by atoms with Crippen LogP contribution >= 0.6 is 0 Å². The van der Waals surface area contributed by atoms with Gasteiger partial charge in [-0.1, -0.05) is 32.9 Å². The van der Waals surface area contributed by atoms with Crippen LogP contribution in [0.25, 0.3) is 5.95 Å². The molecule has 7 nitrogen and oxygen atoms in total. The first-order valence-electron chi connectivity index (χ1n) is 9.83. The summed E-state index contributed by atoms with van der Waals surface area (Å²) in [5.74, 6) is 0.547. The van der Waals surface area contributed by atoms with E-state index in [1.165, 1.54) is 4.68 Å². The van der Waals surface area contributed by atoms with Crippen LogP contribution in [0.4, 0.5) is 5.82 Å². The maximum absolute atomic E-state index is 12.8. The molecule has 0 aliphatic heterocycles. The molecular weight excluding hydrogens is 366 g/mol. The number of carbonyl (C=O) groups excluding carboxylic acids is 1. The van der Waals surface area contributed by atoms with Crippen LogP contribution in [0.15, 0.2) is 35.1 Å². The van der Waals surface area contributed by atoms with Crippen molar-refractivity contribution in [2.75, 3.05) is 5.32 Å². The highest BCUT2D eigenvalue weighted by molar-refractivity contribution is 6.04. The average Bonchev–Trinajstić information content (AvgIpc) is 3.27. The molecule has 3 aromatic rings. The molecule has 0 spiro atoms. The van der Waals surface area contributed by atoms with Crippen molar-refractivity contribution in [3.63, 3.8) is 0 Å². The summed E-state index contributed by atoms with van der Waals surface area (Å²) in [6, 6.07) is 9.33. The molecule has 4 rings (SSSR count). The zero-order valence-electron chi connectivity index (χ0n) is 17.2. The van der Waals surface area contributed by atoms with Crippen LogP contribution in [0, 0.1) is 6.92 Å². The molecule has 2 N–H and O–H groups in total. The molecule has 2 aromatic heterocycles. The Balaban J connectivity index is 1.63. The number of aromatic amines is 1. The molecule has 1 aromatic carbocycles. The second kappa shape index (κ2) is 6.99. The van der Waals surface area contributed by atoms with E-state index < -0.39 is 0 Å². The second-order valence-electron chi connectivity index (χ2n) is 8.53. The highest BCUT2D eigenvalue weighted by Crippen LogP contribution is 2.23. The Kier molecular flexibility index (Phi) is 4.61. The lowest BCUT2D eigenvalue weighted by Gasteiger charge is -2.19. The van der Waals surface area contributed by atoms with E-state index in [0.717, 1.165) is 36.1 Å². The van der Waals surface area contributed by atoms with E-state index in [9.17, 15) is 9.59 Å². The van der Waals surface area contributed by atoms with E-state index in [1.54, 1.807) is 6.07 Å². The molecule has 1 aliphatic carbocycles. The zero-order valence-corrected chi connectivity index (χ0v) is 17.2. The molecule has 0 bridgehead atoms. The molecule has 0 saturated carbocycles. The lowest BCUT2D eigenvalue weighted by Crippen LogP contribution is -2.21. The Labute approximate surface area is 169 Å². The molecule has 0 fully saturated rings. The van der Waals surface area contributed by atoms with Crippen molar-refractivity contribution in [2.45, 2.75) is 52.4 Å². The topological polar surface area (TPSA) is 92.7 Å². The standard InChI is InChI=1S/C22H25N5O2/c1-13-12-18(24-19(28)14-8-10-15(11-9-14)22(2,3)4)27(26-13)21-23-17-7-5-6-16(17)20(29)25-21/h8-12H,5-7H2,1-4H3,(H,24,28)(H,23,25,29). The molecule has 0 atom stereocenters. The Bertz CT molecular complexity index is 1130. The third-order valence-corrected chi connectivity index (χ3v) is 5.22. The fourth-order valence-corrected chi connectivity index (χ4v) is 3.59. The van der Waals surface area contributed by atoms with Crippen molar-refractivity contribution in [1.29, 1.82) is 0 Å². The van der Waals surface area contributed by atoms with Crippen LogP contribution in [-0.4, -0.2) is 25.7 Å². The molecule has 0 unspecified atom stereocenters. The van der Waals surface area contributed by atoms with Crippen molar-refractivity contribution in [3.8, 4) is 5.95 Å². The van der Waals surface area contributed by atoms with E-state index in [-0.39, 0.29) is 16.9 Å². The molecule has 1 aliphatic rings. The summed E-state index contributed by atoms with van der Waals surface area (Å²) in [6.07, 6.45) is 2.47. The summed E-state index contributed by atoms with van der Waals surface area (Å²) in [5.41, 5.74) is 3.88. The number of H-pyrrole nitrogens is 1. The predicted octanol–water partition coefficient (Wildman–Crippen LogP) is 3.30. The normalized spacial score (nSPS) is 13.4. The fourth-order valence-electron chi connectivity index (χ4n) is 3.59. The molecule has 7 heteroatoms. The highest BCUT2D eigenvalue weighted by Gasteiger charge is 2.20. The number of benzene rings is 1. The number of carbonyl (C=O) groups is 1. The molecule has 29 heavy (non-hydrogen) atoms. The number of nitrogens with zero attached hydrogens (tertiary/aromatic N) is 3. The van der Waals surface area contributed by atoms with Gasteiger partial charge in [-0.25, -0.2) is 4.98 Å². The van der Waals surface area contributed by atoms with Crippen LogP contribution < -0.4 is 10.9 Å². The predicted molar refractivity (Wildman–Crippen MR) is 112 cm³/mol. The summed E-state index contributed by atoms with van der Waals surface area (Å²) in [7, 11) is 0. The lowest BCUT2D eigenvalue weighted by atomic mass is 9.87. The van der Waals surface area contributed by atoms with Gasteiger partial charge < -0.3 is 5.32 Å². The summed E-state index contributed by atoms with van der Waals surface area (Å²) in [5, 5.41) is 7.30. The molecule has 0 radical (unpaired) electrons. The Hall–Kier alpha value is -3.22. The van der Waals surface area contributed by atoms with Crippen LogP contribution in [0.5, 0.6) is 0 Å². The first-order valence-corrected chi connectivity index (χ1v) is 9.83. The number of aromatic nitrogens is 4. The maximum Gasteiger partial charge on any atom is 0.256 e. The average molecular weight is 391 g/mol. The quantitative estimate of drug-likeness (QED) is 0.716. The molecule has 150 valence electrons. The number of nitrogens with one attached hydrogen (secondary N) is 2. The summed E-state index contributed by atoms with van der Waals surface area (Å²) in [4.78, 5) is 32.5. The third kappa shape index (κ3) is 3.72. The van der Waals surface area contributed by atoms with E-state index in [2.05, 4.69) is 41.2 Å². The molecular formula is C22H25N5O2. The van der Waals surface area contributed by atoms with Gasteiger partial charge in [0.1, 0.15) is 5.82 Å². The van der Waals surface area contributed by atoms with Gasteiger partial charge in [0.05, 0.1) is 11.4 Å². The number of rotatable bonds is 3. The first kappa shape index (κ1) is 19.1. The SMILES string of the molecule is Cc1cc(NC(=O)c2ccc(C(C)(C)C)cc2)n(-c2nc3c(c(=O)[nH]2)CCC3)n1. The highest BCUT2D eigenvalue weighted by atomic mass is 16.1. The van der Waals surface area contributed by atoms with Crippen molar-refractivity contribution in [2.24, 2.45) is 0 Å². The number of aryl methyl sites for hydroxylation is 2. The van der Waals surface area contributed by atoms with Gasteiger partial charge in [-0.15, -0.1) is 0 Å². The van der Waals surface area contributed by atoms with Gasteiger partial charge in [-0.2, -0.15) is 9.78 Å². The van der Waals surface area contributed by atoms with Crippen molar-refractivity contribution < 1.29 is 4.79 Å². The Morgan fingerprint density at radius 1 is 1.17 bits per heavy atom. The van der Waals surface area contributed by atoms with Crippen LogP contribution in [-0.2, 0) is 18.3 Å². The Morgan fingerprint density at radius 2 is 1.90 bits per heavy atom. The monoisotopic (exact) mass is 391 g/mol. The Morgan fingerprint density at radius 3 is 2.59 bits per heavy atom. The zero-order chi connectivity index (χ0) is 20.8. The third-order valence-electron chi connectivity index (χ3n) is 5.22. The van der Waals surface area contributed by atoms with Gasteiger partial charge in [0.25, 0.3) is 11.5 Å². The van der Waals surface area contributed by atoms with Gasteiger partial charge in [0.2, 0.25) is 5.95 Å². The van der Waals surface area contributed by atoms with Crippen molar-refractivity contribution >= 4 is 11.7 Å². The maximum atomic E-state index is 12.8. The first-order chi connectivity index (χ1) is 13.7. The summed E-state index contributed by atoms with van der Waals surface area (Å²) >= 11 is 0. The van der Waals surface area contributed by atoms with Gasteiger partial charge >= 0.3 is 0 Å². The van der Waals surface area contributed by atoms with E-state index in [0.29, 0.717) is 23.0 Å². The number of hydrogen-bond donors (Lipinski definition) is 2. The number of anilines is 1. The van der Waals surface area contributed by atoms with Gasteiger partial charge in [0, 0.05) is 17.2 Å². The molecule has 1 amide bonds. The molecule has 2 heterocycles. The number of hydrogen-bond acceptors (Lipinski definition) is 4.